The van der Waals surface area contributed by atoms with Gasteiger partial charge >= 0.3 is 0 Å². The molecule has 3 heteroatoms. The largest absolute Gasteiger partial charge is 0.339 e. The van der Waals surface area contributed by atoms with E-state index in [-0.39, 0.29) is 11.7 Å². The molecule has 0 aliphatic rings. The van der Waals surface area contributed by atoms with E-state index in [1.165, 1.54) is 16.7 Å². The Hall–Kier alpha value is -1.90. The van der Waals surface area contributed by atoms with E-state index in [9.17, 15) is 9.59 Å². The van der Waals surface area contributed by atoms with Crippen LogP contribution in [0.4, 0.5) is 0 Å². The van der Waals surface area contributed by atoms with Crippen molar-refractivity contribution in [2.75, 3.05) is 13.1 Å². The average molecular weight is 472 g/mol. The van der Waals surface area contributed by atoms with Crippen LogP contribution in [-0.2, 0) is 9.59 Å². The summed E-state index contributed by atoms with van der Waals surface area (Å²) in [5.74, 6) is 0.479. The van der Waals surface area contributed by atoms with E-state index >= 15 is 0 Å². The van der Waals surface area contributed by atoms with Crippen LogP contribution in [0, 0.1) is 0 Å². The quantitative estimate of drug-likeness (QED) is 0.139. The maximum absolute atomic E-state index is 12.8. The van der Waals surface area contributed by atoms with Gasteiger partial charge in [-0.3, -0.25) is 4.79 Å². The van der Waals surface area contributed by atoms with E-state index in [0.717, 1.165) is 89.3 Å². The zero-order valence-corrected chi connectivity index (χ0v) is 23.5. The molecular formula is C31H53NO2. The molecule has 0 aromatic heterocycles. The number of carbonyl (C=O) groups is 2. The van der Waals surface area contributed by atoms with E-state index in [4.69, 9.17) is 0 Å². The van der Waals surface area contributed by atoms with Crippen LogP contribution in [0.25, 0.3) is 0 Å². The standard InChI is InChI=1S/C31H53NO2/c1-8-10-24-32(25-11-9-2)31(34)29(6)22-14-20-27(4)18-12-16-26(3)17-13-19-28(5)21-15-23-30(7)33/h17-18,21-22H,8-16,19-20,23-25H2,1-7H3/b26-17+,27-18+,28-21+,29-22+. The normalized spacial score (nSPS) is 13.4. The summed E-state index contributed by atoms with van der Waals surface area (Å²) in [7, 11) is 0. The molecule has 3 nitrogen and oxygen atoms in total. The zero-order chi connectivity index (χ0) is 25.8. The monoisotopic (exact) mass is 471 g/mol. The highest BCUT2D eigenvalue weighted by molar-refractivity contribution is 5.92. The molecule has 0 unspecified atom stereocenters. The van der Waals surface area contributed by atoms with Crippen molar-refractivity contribution in [3.05, 3.63) is 46.6 Å². The van der Waals surface area contributed by atoms with Gasteiger partial charge in [0, 0.05) is 25.1 Å². The van der Waals surface area contributed by atoms with Crippen LogP contribution in [-0.4, -0.2) is 29.7 Å². The SMILES string of the molecule is CCCCN(CCCC)C(=O)/C(C)=C/CC/C(C)=C/CC/C(C)=C/CC/C(C)=C/CCC(C)=O. The lowest BCUT2D eigenvalue weighted by atomic mass is 10.0. The predicted octanol–water partition coefficient (Wildman–Crippen LogP) is 8.91. The molecule has 0 aliphatic heterocycles. The fraction of sp³-hybridized carbons (Fsp3) is 0.677. The molecule has 34 heavy (non-hydrogen) atoms. The minimum Gasteiger partial charge on any atom is -0.339 e. The number of nitrogens with zero attached hydrogens (tertiary/aromatic N) is 1. The Labute approximate surface area is 211 Å². The van der Waals surface area contributed by atoms with E-state index < -0.39 is 0 Å². The van der Waals surface area contributed by atoms with Crippen molar-refractivity contribution in [3.8, 4) is 0 Å². The van der Waals surface area contributed by atoms with Crippen LogP contribution in [0.5, 0.6) is 0 Å². The lowest BCUT2D eigenvalue weighted by Gasteiger charge is -2.22. The fourth-order valence-electron chi connectivity index (χ4n) is 3.79. The summed E-state index contributed by atoms with van der Waals surface area (Å²) in [5.41, 5.74) is 5.12. The number of amides is 1. The zero-order valence-electron chi connectivity index (χ0n) is 23.5. The third kappa shape index (κ3) is 17.6. The van der Waals surface area contributed by atoms with Crippen molar-refractivity contribution in [2.45, 2.75) is 126 Å². The number of carbonyl (C=O) groups excluding carboxylic acids is 2. The molecule has 0 saturated carbocycles. The molecule has 0 spiro atoms. The highest BCUT2D eigenvalue weighted by Gasteiger charge is 2.13. The number of rotatable bonds is 19. The molecular weight excluding hydrogens is 418 g/mol. The van der Waals surface area contributed by atoms with Crippen molar-refractivity contribution in [3.63, 3.8) is 0 Å². The van der Waals surface area contributed by atoms with Gasteiger partial charge in [-0.25, -0.2) is 0 Å². The summed E-state index contributed by atoms with van der Waals surface area (Å²) in [6.07, 6.45) is 21.2. The van der Waals surface area contributed by atoms with Crippen LogP contribution < -0.4 is 0 Å². The van der Waals surface area contributed by atoms with Gasteiger partial charge in [-0.15, -0.1) is 0 Å². The maximum atomic E-state index is 12.8. The van der Waals surface area contributed by atoms with Crippen molar-refractivity contribution < 1.29 is 9.59 Å². The van der Waals surface area contributed by atoms with E-state index in [1.807, 2.05) is 11.8 Å². The first-order chi connectivity index (χ1) is 16.2. The second-order valence-electron chi connectivity index (χ2n) is 9.89. The molecule has 194 valence electrons. The fourth-order valence-corrected chi connectivity index (χ4v) is 3.79. The van der Waals surface area contributed by atoms with Gasteiger partial charge in [-0.05, 0) is 92.4 Å². The molecule has 0 N–H and O–H groups in total. The highest BCUT2D eigenvalue weighted by atomic mass is 16.2. The van der Waals surface area contributed by atoms with Crippen molar-refractivity contribution in [1.29, 1.82) is 0 Å². The maximum Gasteiger partial charge on any atom is 0.249 e. The molecule has 0 aliphatic carbocycles. The van der Waals surface area contributed by atoms with Gasteiger partial charge in [0.1, 0.15) is 5.78 Å². The van der Waals surface area contributed by atoms with Crippen LogP contribution in [0.3, 0.4) is 0 Å². The summed E-state index contributed by atoms with van der Waals surface area (Å²) in [6.45, 7) is 16.3. The molecule has 0 bridgehead atoms. The smallest absolute Gasteiger partial charge is 0.249 e. The molecule has 0 rings (SSSR count). The van der Waals surface area contributed by atoms with Gasteiger partial charge in [0.15, 0.2) is 0 Å². The molecule has 0 aromatic carbocycles. The molecule has 0 radical (unpaired) electrons. The van der Waals surface area contributed by atoms with Crippen molar-refractivity contribution >= 4 is 11.7 Å². The third-order valence-corrected chi connectivity index (χ3v) is 6.23. The van der Waals surface area contributed by atoms with Gasteiger partial charge in [0.2, 0.25) is 5.91 Å². The van der Waals surface area contributed by atoms with Gasteiger partial charge in [-0.2, -0.15) is 0 Å². The molecule has 0 fully saturated rings. The summed E-state index contributed by atoms with van der Waals surface area (Å²) < 4.78 is 0. The van der Waals surface area contributed by atoms with Crippen LogP contribution >= 0.6 is 0 Å². The Morgan fingerprint density at radius 2 is 0.971 bits per heavy atom. The number of ketones is 1. The van der Waals surface area contributed by atoms with Crippen LogP contribution in [0.2, 0.25) is 0 Å². The number of unbranched alkanes of at least 4 members (excludes halogenated alkanes) is 2. The predicted molar refractivity (Wildman–Crippen MR) is 149 cm³/mol. The number of hydrogen-bond acceptors (Lipinski definition) is 2. The van der Waals surface area contributed by atoms with Gasteiger partial charge in [0.25, 0.3) is 0 Å². The molecule has 0 aromatic rings. The Kier molecular flexibility index (Phi) is 19.3. The minimum absolute atomic E-state index is 0.216. The van der Waals surface area contributed by atoms with Crippen LogP contribution in [0.15, 0.2) is 46.6 Å². The number of Topliss-reactive ketones (excluding diaryl/α,β-unsaturated/α-hetero) is 1. The van der Waals surface area contributed by atoms with E-state index in [1.54, 1.807) is 6.92 Å². The molecule has 0 saturated heterocycles. The Morgan fingerprint density at radius 1 is 0.588 bits per heavy atom. The van der Waals surface area contributed by atoms with E-state index in [2.05, 4.69) is 58.9 Å². The molecule has 0 heterocycles. The topological polar surface area (TPSA) is 37.4 Å². The lowest BCUT2D eigenvalue weighted by molar-refractivity contribution is -0.127. The summed E-state index contributed by atoms with van der Waals surface area (Å²) in [6, 6.07) is 0. The number of allylic oxidation sites excluding steroid dienone is 7. The Morgan fingerprint density at radius 3 is 1.35 bits per heavy atom. The third-order valence-electron chi connectivity index (χ3n) is 6.23. The second kappa shape index (κ2) is 20.5. The first kappa shape index (κ1) is 32.1. The first-order valence-electron chi connectivity index (χ1n) is 13.6. The van der Waals surface area contributed by atoms with E-state index in [0.29, 0.717) is 6.42 Å². The van der Waals surface area contributed by atoms with Gasteiger partial charge < -0.3 is 9.69 Å². The Bertz CT molecular complexity index is 701. The van der Waals surface area contributed by atoms with Gasteiger partial charge in [0.05, 0.1) is 0 Å². The molecule has 1 amide bonds. The average Bonchev–Trinajstić information content (AvgIpc) is 2.78. The second-order valence-corrected chi connectivity index (χ2v) is 9.89. The Balaban J connectivity index is 4.39. The highest BCUT2D eigenvalue weighted by Crippen LogP contribution is 2.15. The summed E-state index contributed by atoms with van der Waals surface area (Å²) in [4.78, 5) is 25.9. The minimum atomic E-state index is 0.216. The van der Waals surface area contributed by atoms with Crippen LogP contribution in [0.1, 0.15) is 126 Å². The number of hydrogen-bond donors (Lipinski definition) is 0. The van der Waals surface area contributed by atoms with Crippen molar-refractivity contribution in [1.82, 2.24) is 4.90 Å². The summed E-state index contributed by atoms with van der Waals surface area (Å²) >= 11 is 0. The lowest BCUT2D eigenvalue weighted by Crippen LogP contribution is -2.33. The van der Waals surface area contributed by atoms with Crippen molar-refractivity contribution in [2.24, 2.45) is 0 Å². The first-order valence-corrected chi connectivity index (χ1v) is 13.6. The summed E-state index contributed by atoms with van der Waals surface area (Å²) in [5, 5.41) is 0. The van der Waals surface area contributed by atoms with Gasteiger partial charge in [-0.1, -0.05) is 67.7 Å². The molecule has 0 atom stereocenters.